The number of hydrazone groups is 1. The lowest BCUT2D eigenvalue weighted by Crippen LogP contribution is -2.40. The summed E-state index contributed by atoms with van der Waals surface area (Å²) in [6.45, 7) is 7.21. The summed E-state index contributed by atoms with van der Waals surface area (Å²) >= 11 is 1.67. The van der Waals surface area contributed by atoms with Crippen molar-refractivity contribution in [1.29, 1.82) is 0 Å². The first-order chi connectivity index (χ1) is 13.3. The van der Waals surface area contributed by atoms with Crippen LogP contribution in [0.5, 0.6) is 0 Å². The van der Waals surface area contributed by atoms with Crippen molar-refractivity contribution >= 4 is 33.0 Å². The number of hydrogen-bond acceptors (Lipinski definition) is 6. The summed E-state index contributed by atoms with van der Waals surface area (Å²) in [5, 5.41) is 4.17. The van der Waals surface area contributed by atoms with Crippen molar-refractivity contribution in [1.82, 2.24) is 9.73 Å². The molecule has 3 rings (SSSR count). The average molecular weight is 422 g/mol. The Bertz CT molecular complexity index is 1010. The Kier molecular flexibility index (Phi) is 6.29. The number of carbonyl (C=O) groups is 1. The van der Waals surface area contributed by atoms with Gasteiger partial charge in [0.2, 0.25) is 10.0 Å². The minimum absolute atomic E-state index is 0.0899. The van der Waals surface area contributed by atoms with Crippen molar-refractivity contribution < 1.29 is 17.9 Å². The Morgan fingerprint density at radius 1 is 1.21 bits per heavy atom. The average Bonchev–Trinajstić information content (AvgIpc) is 3.04. The third kappa shape index (κ3) is 4.49. The highest BCUT2D eigenvalue weighted by Crippen LogP contribution is 2.21. The Morgan fingerprint density at radius 2 is 1.93 bits per heavy atom. The molecule has 2 heterocycles. The second-order valence-corrected chi connectivity index (χ2v) is 9.91. The second kappa shape index (κ2) is 8.52. The summed E-state index contributed by atoms with van der Waals surface area (Å²) in [6.07, 6.45) is 0. The molecular weight excluding hydrogens is 398 g/mol. The van der Waals surface area contributed by atoms with E-state index in [0.29, 0.717) is 32.0 Å². The van der Waals surface area contributed by atoms with Gasteiger partial charge in [-0.25, -0.2) is 13.8 Å². The number of thiophene rings is 1. The van der Waals surface area contributed by atoms with Gasteiger partial charge in [-0.3, -0.25) is 4.79 Å². The molecule has 1 aliphatic heterocycles. The largest absolute Gasteiger partial charge is 0.379 e. The van der Waals surface area contributed by atoms with Crippen molar-refractivity contribution in [2.75, 3.05) is 26.3 Å². The topological polar surface area (TPSA) is 88.1 Å². The van der Waals surface area contributed by atoms with E-state index in [-0.39, 0.29) is 10.5 Å². The molecule has 150 valence electrons. The van der Waals surface area contributed by atoms with Gasteiger partial charge >= 0.3 is 0 Å². The maximum absolute atomic E-state index is 12.8. The van der Waals surface area contributed by atoms with Crippen molar-refractivity contribution in [2.24, 2.45) is 5.10 Å². The lowest BCUT2D eigenvalue weighted by atomic mass is 10.2. The maximum Gasteiger partial charge on any atom is 0.271 e. The summed E-state index contributed by atoms with van der Waals surface area (Å²) in [6, 6.07) is 8.03. The van der Waals surface area contributed by atoms with Crippen LogP contribution in [0.25, 0.3) is 0 Å². The van der Waals surface area contributed by atoms with Crippen molar-refractivity contribution in [3.05, 3.63) is 51.2 Å². The Hall–Kier alpha value is -2.07. The van der Waals surface area contributed by atoms with Crippen molar-refractivity contribution in [2.45, 2.75) is 25.7 Å². The Labute approximate surface area is 169 Å². The van der Waals surface area contributed by atoms with Crippen LogP contribution in [0.4, 0.5) is 0 Å². The number of ether oxygens (including phenoxy) is 1. The van der Waals surface area contributed by atoms with Gasteiger partial charge in [-0.15, -0.1) is 11.3 Å². The van der Waals surface area contributed by atoms with Crippen LogP contribution in [0.3, 0.4) is 0 Å². The minimum atomic E-state index is -3.66. The zero-order valence-electron chi connectivity index (χ0n) is 16.1. The second-order valence-electron chi connectivity index (χ2n) is 6.51. The maximum atomic E-state index is 12.8. The highest BCUT2D eigenvalue weighted by atomic mass is 32.2. The monoisotopic (exact) mass is 421 g/mol. The number of amides is 1. The molecule has 0 aliphatic carbocycles. The molecule has 7 nitrogen and oxygen atoms in total. The summed E-state index contributed by atoms with van der Waals surface area (Å²) in [7, 11) is -3.66. The lowest BCUT2D eigenvalue weighted by molar-refractivity contribution is 0.0730. The van der Waals surface area contributed by atoms with E-state index in [0.717, 1.165) is 10.4 Å². The standard InChI is InChI=1S/C19H23N3O4S2/c1-13-11-18(15(3)27-13)14(2)20-21-19(23)16-5-4-6-17(12-16)28(24,25)22-7-9-26-10-8-22/h4-6,11-12H,7-10H2,1-3H3,(H,21,23)/b20-14-. The summed E-state index contributed by atoms with van der Waals surface area (Å²) in [4.78, 5) is 14.9. The Morgan fingerprint density at radius 3 is 2.57 bits per heavy atom. The molecule has 1 aromatic heterocycles. The van der Waals surface area contributed by atoms with Gasteiger partial charge in [0.25, 0.3) is 5.91 Å². The summed E-state index contributed by atoms with van der Waals surface area (Å²) in [5.41, 5.74) is 4.45. The fourth-order valence-electron chi connectivity index (χ4n) is 2.98. The highest BCUT2D eigenvalue weighted by molar-refractivity contribution is 7.89. The van der Waals surface area contributed by atoms with E-state index < -0.39 is 15.9 Å². The molecule has 0 radical (unpaired) electrons. The molecule has 0 spiro atoms. The number of morpholine rings is 1. The first kappa shape index (κ1) is 20.7. The summed E-state index contributed by atoms with van der Waals surface area (Å²) in [5.74, 6) is -0.456. The van der Waals surface area contributed by atoms with Gasteiger partial charge in [-0.1, -0.05) is 6.07 Å². The lowest BCUT2D eigenvalue weighted by Gasteiger charge is -2.26. The number of nitrogens with one attached hydrogen (secondary N) is 1. The van der Waals surface area contributed by atoms with Crippen LogP contribution in [0, 0.1) is 13.8 Å². The molecular formula is C19H23N3O4S2. The van der Waals surface area contributed by atoms with Crippen LogP contribution in [0.1, 0.15) is 32.6 Å². The molecule has 0 unspecified atom stereocenters. The molecule has 0 saturated carbocycles. The van der Waals surface area contributed by atoms with Crippen molar-refractivity contribution in [3.8, 4) is 0 Å². The molecule has 1 aromatic carbocycles. The van der Waals surface area contributed by atoms with Crippen LogP contribution in [-0.4, -0.2) is 50.6 Å². The first-order valence-electron chi connectivity index (χ1n) is 8.89. The molecule has 28 heavy (non-hydrogen) atoms. The van der Waals surface area contributed by atoms with Crippen molar-refractivity contribution in [3.63, 3.8) is 0 Å². The molecule has 9 heteroatoms. The molecule has 0 atom stereocenters. The molecule has 1 fully saturated rings. The van der Waals surface area contributed by atoms with Gasteiger partial charge in [-0.05, 0) is 45.0 Å². The van der Waals surface area contributed by atoms with E-state index >= 15 is 0 Å². The van der Waals surface area contributed by atoms with E-state index in [2.05, 4.69) is 10.5 Å². The quantitative estimate of drug-likeness (QED) is 0.594. The Balaban J connectivity index is 1.77. The van der Waals surface area contributed by atoms with Gasteiger partial charge in [0.1, 0.15) is 0 Å². The number of aryl methyl sites for hydroxylation is 2. The smallest absolute Gasteiger partial charge is 0.271 e. The van der Waals surface area contributed by atoms with E-state index in [1.165, 1.54) is 21.3 Å². The van der Waals surface area contributed by atoms with E-state index in [9.17, 15) is 13.2 Å². The van der Waals surface area contributed by atoms with Crippen LogP contribution >= 0.6 is 11.3 Å². The fraction of sp³-hybridized carbons (Fsp3) is 0.368. The predicted octanol–water partition coefficient (Wildman–Crippen LogP) is 2.54. The SMILES string of the molecule is C/C(=N/NC(=O)c1cccc(S(=O)(=O)N2CCOCC2)c1)c1cc(C)sc1C. The van der Waals surface area contributed by atoms with Gasteiger partial charge in [0.05, 0.1) is 23.8 Å². The van der Waals surface area contributed by atoms with E-state index in [4.69, 9.17) is 4.74 Å². The van der Waals surface area contributed by atoms with Crippen LogP contribution in [0.2, 0.25) is 0 Å². The molecule has 1 aliphatic rings. The van der Waals surface area contributed by atoms with E-state index in [1.54, 1.807) is 23.5 Å². The van der Waals surface area contributed by atoms with Crippen LogP contribution in [0.15, 0.2) is 40.3 Å². The molecule has 1 amide bonds. The van der Waals surface area contributed by atoms with Gasteiger partial charge in [0, 0.05) is 34.0 Å². The highest BCUT2D eigenvalue weighted by Gasteiger charge is 2.26. The predicted molar refractivity (Wildman–Crippen MR) is 109 cm³/mol. The van der Waals surface area contributed by atoms with Crippen LogP contribution in [-0.2, 0) is 14.8 Å². The van der Waals surface area contributed by atoms with Gasteiger partial charge in [0.15, 0.2) is 0 Å². The molecule has 1 saturated heterocycles. The summed E-state index contributed by atoms with van der Waals surface area (Å²) < 4.78 is 32.1. The number of sulfonamides is 1. The third-order valence-electron chi connectivity index (χ3n) is 4.46. The fourth-order valence-corrected chi connectivity index (χ4v) is 5.41. The minimum Gasteiger partial charge on any atom is -0.379 e. The van der Waals surface area contributed by atoms with E-state index in [1.807, 2.05) is 26.8 Å². The number of nitrogens with zero attached hydrogens (tertiary/aromatic N) is 2. The third-order valence-corrected chi connectivity index (χ3v) is 7.32. The number of hydrogen-bond donors (Lipinski definition) is 1. The first-order valence-corrected chi connectivity index (χ1v) is 11.1. The zero-order valence-corrected chi connectivity index (χ0v) is 17.7. The van der Waals surface area contributed by atoms with Crippen LogP contribution < -0.4 is 5.43 Å². The number of benzene rings is 1. The normalized spacial score (nSPS) is 16.2. The molecule has 2 aromatic rings. The number of carbonyl (C=O) groups excluding carboxylic acids is 1. The molecule has 1 N–H and O–H groups in total. The zero-order chi connectivity index (χ0) is 20.3. The van der Waals surface area contributed by atoms with Gasteiger partial charge < -0.3 is 4.74 Å². The molecule has 0 bridgehead atoms. The van der Waals surface area contributed by atoms with Gasteiger partial charge in [-0.2, -0.15) is 9.41 Å². The number of rotatable bonds is 5.